The Morgan fingerprint density at radius 1 is 1.17 bits per heavy atom. The van der Waals surface area contributed by atoms with Crippen molar-refractivity contribution < 1.29 is 8.78 Å². The molecule has 5 unspecified atom stereocenters. The van der Waals surface area contributed by atoms with Crippen LogP contribution in [0.15, 0.2) is 0 Å². The van der Waals surface area contributed by atoms with Gasteiger partial charge in [-0.3, -0.25) is 0 Å². The molecule has 4 aliphatic carbocycles. The van der Waals surface area contributed by atoms with E-state index in [1.807, 2.05) is 0 Å². The maximum atomic E-state index is 13.1. The Morgan fingerprint density at radius 2 is 1.83 bits per heavy atom. The minimum absolute atomic E-state index is 0.222. The Hall–Kier alpha value is 0.820. The van der Waals surface area contributed by atoms with Gasteiger partial charge in [-0.15, -0.1) is 0 Å². The highest BCUT2D eigenvalue weighted by atomic mass is 79.9. The van der Waals surface area contributed by atoms with E-state index in [0.717, 1.165) is 6.42 Å². The zero-order valence-corrected chi connectivity index (χ0v) is 9.36. The van der Waals surface area contributed by atoms with Gasteiger partial charge in [-0.05, 0) is 46.0 Å². The van der Waals surface area contributed by atoms with E-state index in [4.69, 9.17) is 0 Å². The van der Waals surface area contributed by atoms with Crippen molar-refractivity contribution in [3.63, 3.8) is 0 Å². The van der Waals surface area contributed by atoms with Crippen LogP contribution in [0.1, 0.15) is 6.42 Å². The Bertz CT molecular complexity index is 238. The normalized spacial score (nSPS) is 61.0. The molecule has 0 saturated heterocycles. The van der Waals surface area contributed by atoms with Crippen molar-refractivity contribution in [2.75, 3.05) is 0 Å². The highest BCUT2D eigenvalue weighted by Crippen LogP contribution is 2.77. The molecule has 12 heavy (non-hydrogen) atoms. The molecule has 6 atom stereocenters. The summed E-state index contributed by atoms with van der Waals surface area (Å²) in [5.41, 5.74) is 0. The summed E-state index contributed by atoms with van der Waals surface area (Å²) < 4.78 is 26.1. The molecule has 4 saturated carbocycles. The molecule has 0 N–H and O–H groups in total. The Labute approximate surface area is 86.3 Å². The molecule has 0 amide bonds. The minimum atomic E-state index is -2.63. The molecule has 0 aromatic rings. The average molecular weight is 302 g/mol. The first-order valence-electron chi connectivity index (χ1n) is 4.22. The molecular weight excluding hydrogens is 294 g/mol. The highest BCUT2D eigenvalue weighted by molar-refractivity contribution is 9.10. The summed E-state index contributed by atoms with van der Waals surface area (Å²) in [6, 6.07) is 0. The lowest BCUT2D eigenvalue weighted by Gasteiger charge is -2.21. The zero-order chi connectivity index (χ0) is 8.67. The van der Waals surface area contributed by atoms with E-state index in [0.29, 0.717) is 22.6 Å². The molecular formula is C8H8Br2F2. The Kier molecular flexibility index (Phi) is 1.41. The summed E-state index contributed by atoms with van der Waals surface area (Å²) in [6.07, 6.45) is 1.02. The van der Waals surface area contributed by atoms with Gasteiger partial charge in [0.25, 0.3) is 0 Å². The molecule has 0 aromatic carbocycles. The van der Waals surface area contributed by atoms with Crippen molar-refractivity contribution in [3.05, 3.63) is 0 Å². The summed E-state index contributed by atoms with van der Waals surface area (Å²) >= 11 is 6.04. The van der Waals surface area contributed by atoms with Crippen LogP contribution in [0.2, 0.25) is 0 Å². The van der Waals surface area contributed by atoms with Crippen LogP contribution in [-0.4, -0.2) is 9.66 Å². The number of halogens is 4. The van der Waals surface area contributed by atoms with Gasteiger partial charge in [0, 0.05) is 10.7 Å². The van der Waals surface area contributed by atoms with Gasteiger partial charge in [0.05, 0.1) is 0 Å². The maximum absolute atomic E-state index is 13.1. The summed E-state index contributed by atoms with van der Waals surface area (Å²) in [7, 11) is 0. The van der Waals surface area contributed by atoms with Crippen molar-refractivity contribution in [2.45, 2.75) is 16.1 Å². The predicted octanol–water partition coefficient (Wildman–Crippen LogP) is 3.25. The number of hydrogen-bond acceptors (Lipinski definition) is 0. The molecule has 4 fully saturated rings. The third kappa shape index (κ3) is 0.770. The van der Waals surface area contributed by atoms with E-state index >= 15 is 0 Å². The van der Waals surface area contributed by atoms with Gasteiger partial charge in [-0.1, -0.05) is 15.9 Å². The Morgan fingerprint density at radius 3 is 2.00 bits per heavy atom. The minimum Gasteiger partial charge on any atom is -0.193 e. The molecule has 0 aliphatic heterocycles. The monoisotopic (exact) mass is 300 g/mol. The van der Waals surface area contributed by atoms with E-state index in [9.17, 15) is 8.78 Å². The fourth-order valence-corrected chi connectivity index (χ4v) is 5.45. The molecule has 0 nitrogen and oxygen atoms in total. The predicted molar refractivity (Wildman–Crippen MR) is 48.7 cm³/mol. The standard InChI is InChI=1S/C8H8Br2F2/c9-7-3-1-2-4(5(2)7)6(3)8(10,11)12/h2-7H,1H2/t2?,3-,4?,5?,6?,7?/m0/s1. The molecule has 0 aromatic heterocycles. The first-order chi connectivity index (χ1) is 5.52. The van der Waals surface area contributed by atoms with Gasteiger partial charge in [0.15, 0.2) is 0 Å². The van der Waals surface area contributed by atoms with Crippen LogP contribution in [0, 0.1) is 29.6 Å². The lowest BCUT2D eigenvalue weighted by Crippen LogP contribution is -2.26. The van der Waals surface area contributed by atoms with Crippen molar-refractivity contribution in [3.8, 4) is 0 Å². The molecule has 0 heterocycles. The van der Waals surface area contributed by atoms with Crippen molar-refractivity contribution in [1.29, 1.82) is 0 Å². The highest BCUT2D eigenvalue weighted by Gasteiger charge is 2.77. The van der Waals surface area contributed by atoms with Crippen LogP contribution in [0.3, 0.4) is 0 Å². The fourth-order valence-electron chi connectivity index (χ4n) is 3.52. The SMILES string of the molecule is FC(F)(Br)C1C2C3C[C@@H]1C(Br)C32. The lowest BCUT2D eigenvalue weighted by atomic mass is 9.99. The van der Waals surface area contributed by atoms with Crippen molar-refractivity contribution in [1.82, 2.24) is 0 Å². The molecule has 4 rings (SSSR count). The average Bonchev–Trinajstić information content (AvgIpc) is 2.33. The van der Waals surface area contributed by atoms with Crippen LogP contribution in [-0.2, 0) is 0 Å². The van der Waals surface area contributed by atoms with Gasteiger partial charge >= 0.3 is 4.83 Å². The van der Waals surface area contributed by atoms with Crippen LogP contribution < -0.4 is 0 Å². The number of alkyl halides is 4. The third-order valence-corrected chi connectivity index (χ3v) is 5.69. The molecule has 4 bridgehead atoms. The Balaban J connectivity index is 1.94. The maximum Gasteiger partial charge on any atom is 0.304 e. The van der Waals surface area contributed by atoms with Gasteiger partial charge in [0.2, 0.25) is 0 Å². The summed E-state index contributed by atoms with van der Waals surface area (Å²) in [4.78, 5) is -2.25. The zero-order valence-electron chi connectivity index (χ0n) is 6.18. The van der Waals surface area contributed by atoms with Crippen molar-refractivity contribution in [2.24, 2.45) is 29.6 Å². The van der Waals surface area contributed by atoms with E-state index in [1.165, 1.54) is 0 Å². The van der Waals surface area contributed by atoms with Gasteiger partial charge in [-0.2, -0.15) is 8.78 Å². The van der Waals surface area contributed by atoms with Crippen LogP contribution in [0.25, 0.3) is 0 Å². The largest absolute Gasteiger partial charge is 0.304 e. The van der Waals surface area contributed by atoms with Crippen LogP contribution in [0.5, 0.6) is 0 Å². The topological polar surface area (TPSA) is 0 Å². The summed E-state index contributed by atoms with van der Waals surface area (Å²) in [5.74, 6) is 1.33. The second kappa shape index (κ2) is 2.08. The number of hydrogen-bond donors (Lipinski definition) is 0. The van der Waals surface area contributed by atoms with E-state index in [-0.39, 0.29) is 5.92 Å². The molecule has 0 radical (unpaired) electrons. The van der Waals surface area contributed by atoms with Crippen molar-refractivity contribution >= 4 is 31.9 Å². The van der Waals surface area contributed by atoms with Crippen LogP contribution >= 0.6 is 31.9 Å². The summed E-state index contributed by atoms with van der Waals surface area (Å²) in [5, 5.41) is 0. The van der Waals surface area contributed by atoms with E-state index < -0.39 is 10.7 Å². The molecule has 4 heteroatoms. The molecule has 4 aliphatic rings. The third-order valence-electron chi connectivity index (χ3n) is 3.87. The second-order valence-corrected chi connectivity index (χ2v) is 6.34. The van der Waals surface area contributed by atoms with Gasteiger partial charge in [0.1, 0.15) is 0 Å². The molecule has 0 spiro atoms. The van der Waals surface area contributed by atoms with Gasteiger partial charge < -0.3 is 0 Å². The first-order valence-corrected chi connectivity index (χ1v) is 5.93. The smallest absolute Gasteiger partial charge is 0.193 e. The number of rotatable bonds is 1. The lowest BCUT2D eigenvalue weighted by molar-refractivity contribution is 0.0274. The first kappa shape index (κ1) is 8.16. The fraction of sp³-hybridized carbons (Fsp3) is 1.00. The van der Waals surface area contributed by atoms with E-state index in [1.54, 1.807) is 0 Å². The van der Waals surface area contributed by atoms with Gasteiger partial charge in [-0.25, -0.2) is 0 Å². The van der Waals surface area contributed by atoms with E-state index in [2.05, 4.69) is 31.9 Å². The second-order valence-electron chi connectivity index (χ2n) is 4.23. The molecule has 68 valence electrons. The van der Waals surface area contributed by atoms with Crippen LogP contribution in [0.4, 0.5) is 8.78 Å². The quantitative estimate of drug-likeness (QED) is 0.652. The summed E-state index contributed by atoms with van der Waals surface area (Å²) in [6.45, 7) is 0.